The minimum Gasteiger partial charge on any atom is -0.358 e. The third-order valence-electron chi connectivity index (χ3n) is 2.83. The van der Waals surface area contributed by atoms with Crippen molar-refractivity contribution in [2.24, 2.45) is 0 Å². The largest absolute Gasteiger partial charge is 0.358 e. The van der Waals surface area contributed by atoms with Crippen LogP contribution in [0.4, 0.5) is 0 Å². The SMILES string of the molecule is CCCNCc1c(C)nn(CC(=O)NC)c1C. The third-order valence-corrected chi connectivity index (χ3v) is 2.83. The second kappa shape index (κ2) is 6.39. The third kappa shape index (κ3) is 3.56. The van der Waals surface area contributed by atoms with Crippen LogP contribution in [0.2, 0.25) is 0 Å². The highest BCUT2D eigenvalue weighted by Gasteiger charge is 2.12. The Morgan fingerprint density at radius 3 is 2.71 bits per heavy atom. The number of nitrogens with zero attached hydrogens (tertiary/aromatic N) is 2. The van der Waals surface area contributed by atoms with Gasteiger partial charge >= 0.3 is 0 Å². The van der Waals surface area contributed by atoms with Gasteiger partial charge in [0.15, 0.2) is 0 Å². The van der Waals surface area contributed by atoms with E-state index in [-0.39, 0.29) is 12.5 Å². The summed E-state index contributed by atoms with van der Waals surface area (Å²) in [4.78, 5) is 11.3. The van der Waals surface area contributed by atoms with Crippen molar-refractivity contribution in [3.8, 4) is 0 Å². The van der Waals surface area contributed by atoms with Crippen LogP contribution in [0.5, 0.6) is 0 Å². The number of aromatic nitrogens is 2. The van der Waals surface area contributed by atoms with Crippen LogP contribution in [0.15, 0.2) is 0 Å². The molecule has 0 spiro atoms. The lowest BCUT2D eigenvalue weighted by molar-refractivity contribution is -0.121. The summed E-state index contributed by atoms with van der Waals surface area (Å²) in [7, 11) is 1.64. The molecule has 0 aliphatic heterocycles. The van der Waals surface area contributed by atoms with Crippen LogP contribution < -0.4 is 10.6 Å². The van der Waals surface area contributed by atoms with Crippen molar-refractivity contribution < 1.29 is 4.79 Å². The number of nitrogens with one attached hydrogen (secondary N) is 2. The summed E-state index contributed by atoms with van der Waals surface area (Å²) >= 11 is 0. The molecule has 1 aromatic rings. The average Bonchev–Trinajstić information content (AvgIpc) is 2.56. The second-order valence-corrected chi connectivity index (χ2v) is 4.16. The predicted octanol–water partition coefficient (Wildman–Crippen LogP) is 0.746. The summed E-state index contributed by atoms with van der Waals surface area (Å²) in [5.41, 5.74) is 3.26. The topological polar surface area (TPSA) is 59.0 Å². The maximum absolute atomic E-state index is 11.3. The van der Waals surface area contributed by atoms with Crippen LogP contribution in [0.3, 0.4) is 0 Å². The van der Waals surface area contributed by atoms with Gasteiger partial charge in [-0.2, -0.15) is 5.10 Å². The van der Waals surface area contributed by atoms with Crippen molar-refractivity contribution >= 4 is 5.91 Å². The van der Waals surface area contributed by atoms with Gasteiger partial charge in [0, 0.05) is 24.8 Å². The Morgan fingerprint density at radius 2 is 2.12 bits per heavy atom. The number of hydrogen-bond acceptors (Lipinski definition) is 3. The van der Waals surface area contributed by atoms with Gasteiger partial charge in [0.2, 0.25) is 5.91 Å². The molecule has 96 valence electrons. The normalized spacial score (nSPS) is 10.6. The molecule has 0 bridgehead atoms. The lowest BCUT2D eigenvalue weighted by Crippen LogP contribution is -2.24. The fourth-order valence-corrected chi connectivity index (χ4v) is 1.75. The highest BCUT2D eigenvalue weighted by atomic mass is 16.1. The molecule has 2 N–H and O–H groups in total. The van der Waals surface area contributed by atoms with Gasteiger partial charge in [0.05, 0.1) is 5.69 Å². The molecule has 1 heterocycles. The Labute approximate surface area is 103 Å². The molecule has 0 fully saturated rings. The Hall–Kier alpha value is -1.36. The van der Waals surface area contributed by atoms with E-state index in [1.165, 1.54) is 5.56 Å². The van der Waals surface area contributed by atoms with Crippen molar-refractivity contribution in [2.75, 3.05) is 13.6 Å². The first kappa shape index (κ1) is 13.7. The highest BCUT2D eigenvalue weighted by Crippen LogP contribution is 2.12. The van der Waals surface area contributed by atoms with Crippen molar-refractivity contribution in [1.82, 2.24) is 20.4 Å². The van der Waals surface area contributed by atoms with Gasteiger partial charge < -0.3 is 10.6 Å². The lowest BCUT2D eigenvalue weighted by atomic mass is 10.2. The second-order valence-electron chi connectivity index (χ2n) is 4.16. The van der Waals surface area contributed by atoms with Gasteiger partial charge in [-0.1, -0.05) is 6.92 Å². The van der Waals surface area contributed by atoms with Gasteiger partial charge in [-0.05, 0) is 26.8 Å². The number of amides is 1. The van der Waals surface area contributed by atoms with Crippen molar-refractivity contribution in [3.05, 3.63) is 17.0 Å². The van der Waals surface area contributed by atoms with Gasteiger partial charge in [0.25, 0.3) is 0 Å². The average molecular weight is 238 g/mol. The van der Waals surface area contributed by atoms with Gasteiger partial charge in [-0.25, -0.2) is 0 Å². The molecule has 0 aromatic carbocycles. The summed E-state index contributed by atoms with van der Waals surface area (Å²) in [6, 6.07) is 0. The van der Waals surface area contributed by atoms with Crippen molar-refractivity contribution in [3.63, 3.8) is 0 Å². The molecule has 17 heavy (non-hydrogen) atoms. The minimum absolute atomic E-state index is 0.0244. The maximum atomic E-state index is 11.3. The molecule has 1 rings (SSSR count). The fraction of sp³-hybridized carbons (Fsp3) is 0.667. The first-order chi connectivity index (χ1) is 8.10. The van der Waals surface area contributed by atoms with Gasteiger partial charge in [0.1, 0.15) is 6.54 Å². The number of carbonyl (C=O) groups excluding carboxylic acids is 1. The molecule has 0 saturated carbocycles. The molecule has 0 atom stereocenters. The zero-order valence-corrected chi connectivity index (χ0v) is 11.1. The van der Waals surface area contributed by atoms with E-state index in [9.17, 15) is 4.79 Å². The standard InChI is InChI=1S/C12H22N4O/c1-5-6-14-7-11-9(2)15-16(10(11)3)8-12(17)13-4/h14H,5-8H2,1-4H3,(H,13,17). The van der Waals surface area contributed by atoms with E-state index >= 15 is 0 Å². The molecular formula is C12H22N4O. The smallest absolute Gasteiger partial charge is 0.241 e. The first-order valence-corrected chi connectivity index (χ1v) is 6.04. The van der Waals surface area contributed by atoms with Crippen molar-refractivity contribution in [2.45, 2.75) is 40.3 Å². The molecule has 0 unspecified atom stereocenters. The van der Waals surface area contributed by atoms with Crippen LogP contribution >= 0.6 is 0 Å². The van der Waals surface area contributed by atoms with E-state index in [1.54, 1.807) is 11.7 Å². The molecule has 0 saturated heterocycles. The van der Waals surface area contributed by atoms with Crippen LogP contribution in [0, 0.1) is 13.8 Å². The highest BCUT2D eigenvalue weighted by molar-refractivity contribution is 5.75. The quantitative estimate of drug-likeness (QED) is 0.719. The van der Waals surface area contributed by atoms with E-state index in [2.05, 4.69) is 22.7 Å². The van der Waals surface area contributed by atoms with E-state index in [1.807, 2.05) is 13.8 Å². The van der Waals surface area contributed by atoms with E-state index < -0.39 is 0 Å². The molecule has 5 nitrogen and oxygen atoms in total. The predicted molar refractivity (Wildman–Crippen MR) is 67.8 cm³/mol. The van der Waals surface area contributed by atoms with Crippen LogP contribution in [0.25, 0.3) is 0 Å². The van der Waals surface area contributed by atoms with Crippen LogP contribution in [-0.2, 0) is 17.9 Å². The zero-order chi connectivity index (χ0) is 12.8. The summed E-state index contributed by atoms with van der Waals surface area (Å²) in [5.74, 6) is -0.0244. The molecular weight excluding hydrogens is 216 g/mol. The Morgan fingerprint density at radius 1 is 1.41 bits per heavy atom. The monoisotopic (exact) mass is 238 g/mol. The van der Waals surface area contributed by atoms with Crippen molar-refractivity contribution in [1.29, 1.82) is 0 Å². The Kier molecular flexibility index (Phi) is 5.15. The van der Waals surface area contributed by atoms with Gasteiger partial charge in [-0.3, -0.25) is 9.48 Å². The maximum Gasteiger partial charge on any atom is 0.241 e. The first-order valence-electron chi connectivity index (χ1n) is 6.04. The summed E-state index contributed by atoms with van der Waals surface area (Å²) < 4.78 is 1.76. The summed E-state index contributed by atoms with van der Waals surface area (Å²) in [6.45, 7) is 8.24. The summed E-state index contributed by atoms with van der Waals surface area (Å²) in [6.07, 6.45) is 1.12. The Balaban J connectivity index is 2.75. The van der Waals surface area contributed by atoms with Crippen LogP contribution in [-0.4, -0.2) is 29.3 Å². The number of likely N-dealkylation sites (N-methyl/N-ethyl adjacent to an activating group) is 1. The lowest BCUT2D eigenvalue weighted by Gasteiger charge is -2.05. The van der Waals surface area contributed by atoms with E-state index in [4.69, 9.17) is 0 Å². The summed E-state index contributed by atoms with van der Waals surface area (Å²) in [5, 5.41) is 10.4. The van der Waals surface area contributed by atoms with Crippen LogP contribution in [0.1, 0.15) is 30.3 Å². The number of carbonyl (C=O) groups is 1. The zero-order valence-electron chi connectivity index (χ0n) is 11.1. The molecule has 1 aromatic heterocycles. The molecule has 0 radical (unpaired) electrons. The minimum atomic E-state index is -0.0244. The fourth-order valence-electron chi connectivity index (χ4n) is 1.75. The number of rotatable bonds is 6. The van der Waals surface area contributed by atoms with E-state index in [0.29, 0.717) is 0 Å². The molecule has 1 amide bonds. The number of hydrogen-bond donors (Lipinski definition) is 2. The molecule has 0 aliphatic rings. The number of aryl methyl sites for hydroxylation is 1. The van der Waals surface area contributed by atoms with Gasteiger partial charge in [-0.15, -0.1) is 0 Å². The van der Waals surface area contributed by atoms with E-state index in [0.717, 1.165) is 30.9 Å². The molecule has 0 aliphatic carbocycles. The molecule has 5 heteroatoms. The Bertz CT molecular complexity index is 384.